The van der Waals surface area contributed by atoms with E-state index in [2.05, 4.69) is 15.4 Å². The number of oxazole rings is 1. The maximum Gasteiger partial charge on any atom is 0.273 e. The molecule has 3 aromatic rings. The van der Waals surface area contributed by atoms with Gasteiger partial charge >= 0.3 is 0 Å². The van der Waals surface area contributed by atoms with Crippen molar-refractivity contribution in [1.82, 2.24) is 20.1 Å². The van der Waals surface area contributed by atoms with Crippen molar-refractivity contribution in [3.05, 3.63) is 59.1 Å². The number of carbonyl (C=O) groups is 1. The minimum Gasteiger partial charge on any atom is -0.493 e. The van der Waals surface area contributed by atoms with Gasteiger partial charge in [-0.3, -0.25) is 9.48 Å². The topological polar surface area (TPSA) is 91.4 Å². The van der Waals surface area contributed by atoms with Crippen LogP contribution in [0.3, 0.4) is 0 Å². The summed E-state index contributed by atoms with van der Waals surface area (Å²) in [7, 11) is 3.43. The third kappa shape index (κ3) is 4.33. The molecule has 0 saturated carbocycles. The summed E-state index contributed by atoms with van der Waals surface area (Å²) in [4.78, 5) is 16.7. The first-order chi connectivity index (χ1) is 13.4. The highest BCUT2D eigenvalue weighted by Crippen LogP contribution is 2.28. The van der Waals surface area contributed by atoms with E-state index in [0.29, 0.717) is 17.4 Å². The van der Waals surface area contributed by atoms with Crippen LogP contribution in [-0.2, 0) is 13.7 Å². The molecule has 28 heavy (non-hydrogen) atoms. The van der Waals surface area contributed by atoms with Crippen LogP contribution in [-0.4, -0.2) is 27.8 Å². The number of hydrogen-bond acceptors (Lipinski definition) is 6. The third-order valence-corrected chi connectivity index (χ3v) is 4.32. The molecular formula is C20H24N4O4. The number of methoxy groups -OCH3 is 1. The molecule has 1 aromatic carbocycles. The van der Waals surface area contributed by atoms with Crippen LogP contribution in [0.15, 0.2) is 35.1 Å². The molecule has 0 aliphatic carbocycles. The van der Waals surface area contributed by atoms with Crippen molar-refractivity contribution in [3.63, 3.8) is 0 Å². The first kappa shape index (κ1) is 19.5. The first-order valence-corrected chi connectivity index (χ1v) is 8.90. The van der Waals surface area contributed by atoms with Crippen LogP contribution in [0.1, 0.15) is 46.2 Å². The molecule has 0 fully saturated rings. The van der Waals surface area contributed by atoms with Gasteiger partial charge in [-0.2, -0.15) is 5.10 Å². The van der Waals surface area contributed by atoms with Gasteiger partial charge in [0.15, 0.2) is 23.8 Å². The van der Waals surface area contributed by atoms with Crippen molar-refractivity contribution in [3.8, 4) is 11.5 Å². The van der Waals surface area contributed by atoms with Crippen molar-refractivity contribution in [2.45, 2.75) is 33.4 Å². The minimum absolute atomic E-state index is 0.0873. The molecule has 0 radical (unpaired) electrons. The van der Waals surface area contributed by atoms with Crippen LogP contribution in [0.4, 0.5) is 0 Å². The predicted molar refractivity (Wildman–Crippen MR) is 102 cm³/mol. The lowest BCUT2D eigenvalue weighted by atomic mass is 10.1. The fraction of sp³-hybridized carbons (Fsp3) is 0.350. The van der Waals surface area contributed by atoms with Crippen LogP contribution < -0.4 is 14.8 Å². The van der Waals surface area contributed by atoms with E-state index in [1.54, 1.807) is 11.8 Å². The van der Waals surface area contributed by atoms with Crippen LogP contribution in [0.2, 0.25) is 0 Å². The van der Waals surface area contributed by atoms with E-state index in [4.69, 9.17) is 13.9 Å². The Morgan fingerprint density at radius 2 is 2.11 bits per heavy atom. The molecule has 0 aliphatic heterocycles. The van der Waals surface area contributed by atoms with E-state index in [-0.39, 0.29) is 24.2 Å². The van der Waals surface area contributed by atoms with E-state index in [1.807, 2.05) is 52.2 Å². The van der Waals surface area contributed by atoms with E-state index in [1.165, 1.54) is 6.26 Å². The summed E-state index contributed by atoms with van der Waals surface area (Å²) in [6.45, 7) is 5.86. The Hall–Kier alpha value is -3.29. The number of carbonyl (C=O) groups excluding carboxylic acids is 1. The number of aromatic nitrogens is 3. The molecule has 0 aliphatic rings. The van der Waals surface area contributed by atoms with Crippen molar-refractivity contribution in [2.24, 2.45) is 7.05 Å². The number of aryl methyl sites for hydroxylation is 3. The number of ether oxygens (including phenoxy) is 2. The zero-order chi connectivity index (χ0) is 20.3. The summed E-state index contributed by atoms with van der Waals surface area (Å²) >= 11 is 0. The minimum atomic E-state index is -0.321. The molecule has 1 N–H and O–H groups in total. The lowest BCUT2D eigenvalue weighted by molar-refractivity contribution is 0.0934. The predicted octanol–water partition coefficient (Wildman–Crippen LogP) is 3.10. The average molecular weight is 384 g/mol. The van der Waals surface area contributed by atoms with Gasteiger partial charge in [0.25, 0.3) is 5.91 Å². The van der Waals surface area contributed by atoms with Crippen molar-refractivity contribution >= 4 is 5.91 Å². The highest BCUT2D eigenvalue weighted by Gasteiger charge is 2.18. The first-order valence-electron chi connectivity index (χ1n) is 8.90. The average Bonchev–Trinajstić information content (AvgIpc) is 3.26. The summed E-state index contributed by atoms with van der Waals surface area (Å²) in [5.41, 5.74) is 3.09. The van der Waals surface area contributed by atoms with E-state index < -0.39 is 0 Å². The third-order valence-electron chi connectivity index (χ3n) is 4.32. The molecule has 0 saturated heterocycles. The number of benzene rings is 1. The smallest absolute Gasteiger partial charge is 0.273 e. The second-order valence-electron chi connectivity index (χ2n) is 6.61. The van der Waals surface area contributed by atoms with Crippen molar-refractivity contribution < 1.29 is 18.7 Å². The molecule has 3 rings (SSSR count). The maximum atomic E-state index is 12.5. The fourth-order valence-corrected chi connectivity index (χ4v) is 2.91. The molecule has 0 bridgehead atoms. The molecule has 1 amide bonds. The van der Waals surface area contributed by atoms with Gasteiger partial charge in [0, 0.05) is 18.8 Å². The lowest BCUT2D eigenvalue weighted by Crippen LogP contribution is -2.27. The Morgan fingerprint density at radius 1 is 1.32 bits per heavy atom. The Balaban J connectivity index is 1.62. The molecule has 8 heteroatoms. The summed E-state index contributed by atoms with van der Waals surface area (Å²) in [6, 6.07) is 5.43. The molecule has 1 atom stereocenters. The number of amides is 1. The number of rotatable bonds is 7. The Kier molecular flexibility index (Phi) is 5.67. The van der Waals surface area contributed by atoms with Crippen LogP contribution in [0.5, 0.6) is 11.5 Å². The van der Waals surface area contributed by atoms with Crippen molar-refractivity contribution in [2.75, 3.05) is 7.11 Å². The highest BCUT2D eigenvalue weighted by molar-refractivity contribution is 5.92. The van der Waals surface area contributed by atoms with Crippen LogP contribution >= 0.6 is 0 Å². The van der Waals surface area contributed by atoms with E-state index in [0.717, 1.165) is 16.8 Å². The quantitative estimate of drug-likeness (QED) is 0.673. The normalized spacial score (nSPS) is 11.9. The van der Waals surface area contributed by atoms with Gasteiger partial charge in [0.05, 0.1) is 18.8 Å². The number of nitrogens with one attached hydrogen (secondary N) is 1. The van der Waals surface area contributed by atoms with Gasteiger partial charge in [0.2, 0.25) is 5.89 Å². The summed E-state index contributed by atoms with van der Waals surface area (Å²) < 4.78 is 18.1. The zero-order valence-corrected chi connectivity index (χ0v) is 16.6. The van der Waals surface area contributed by atoms with Gasteiger partial charge in [-0.1, -0.05) is 6.07 Å². The van der Waals surface area contributed by atoms with Gasteiger partial charge in [-0.25, -0.2) is 4.98 Å². The van der Waals surface area contributed by atoms with Gasteiger partial charge in [-0.15, -0.1) is 0 Å². The van der Waals surface area contributed by atoms with Gasteiger partial charge in [-0.05, 0) is 38.5 Å². The number of nitrogens with zero attached hydrogens (tertiary/aromatic N) is 3. The molecule has 2 aromatic heterocycles. The number of hydrogen-bond donors (Lipinski definition) is 1. The van der Waals surface area contributed by atoms with Gasteiger partial charge < -0.3 is 19.2 Å². The van der Waals surface area contributed by atoms with Crippen molar-refractivity contribution in [1.29, 1.82) is 0 Å². The molecule has 2 heterocycles. The molecular weight excluding hydrogens is 360 g/mol. The van der Waals surface area contributed by atoms with Crippen LogP contribution in [0.25, 0.3) is 0 Å². The lowest BCUT2D eigenvalue weighted by Gasteiger charge is -2.11. The second kappa shape index (κ2) is 8.16. The molecule has 0 spiro atoms. The Labute approximate surface area is 163 Å². The largest absolute Gasteiger partial charge is 0.493 e. The SMILES string of the molecule is COc1cc(C)ccc1OCc1nc(C(=O)N[C@H](C)c2cn(C)nc2C)co1. The van der Waals surface area contributed by atoms with E-state index in [9.17, 15) is 4.79 Å². The standard InChI is InChI=1S/C20H24N4O4/c1-12-6-7-17(18(8-12)26-5)27-11-19-22-16(10-28-19)20(25)21-13(2)15-9-24(4)23-14(15)3/h6-10,13H,11H2,1-5H3,(H,21,25)/t13-/m1/s1. The molecule has 148 valence electrons. The molecule has 8 nitrogen and oxygen atoms in total. The molecule has 0 unspecified atom stereocenters. The van der Waals surface area contributed by atoms with E-state index >= 15 is 0 Å². The zero-order valence-electron chi connectivity index (χ0n) is 16.6. The maximum absolute atomic E-state index is 12.5. The summed E-state index contributed by atoms with van der Waals surface area (Å²) in [6.07, 6.45) is 3.21. The Morgan fingerprint density at radius 3 is 2.79 bits per heavy atom. The summed E-state index contributed by atoms with van der Waals surface area (Å²) in [5, 5.41) is 7.20. The monoisotopic (exact) mass is 384 g/mol. The highest BCUT2D eigenvalue weighted by atomic mass is 16.5. The fourth-order valence-electron chi connectivity index (χ4n) is 2.91. The Bertz CT molecular complexity index is 976. The second-order valence-corrected chi connectivity index (χ2v) is 6.61. The summed E-state index contributed by atoms with van der Waals surface area (Å²) in [5.74, 6) is 1.19. The van der Waals surface area contributed by atoms with Gasteiger partial charge in [0.1, 0.15) is 6.26 Å². The van der Waals surface area contributed by atoms with Crippen LogP contribution in [0, 0.1) is 13.8 Å².